The van der Waals surface area contributed by atoms with E-state index in [0.29, 0.717) is 49.4 Å². The number of thiophene rings is 2. The van der Waals surface area contributed by atoms with Crippen molar-refractivity contribution in [2.45, 2.75) is 116 Å². The highest BCUT2D eigenvalue weighted by atomic mass is 35.5. The zero-order valence-electron chi connectivity index (χ0n) is 34.9. The Morgan fingerprint density at radius 1 is 0.694 bits per heavy atom. The van der Waals surface area contributed by atoms with Crippen LogP contribution in [0.5, 0.6) is 0 Å². The molecule has 4 aliphatic rings. The molecule has 7 amide bonds. The lowest BCUT2D eigenvalue weighted by Gasteiger charge is -2.29. The maximum absolute atomic E-state index is 12.8. The monoisotopic (exact) mass is 917 g/mol. The van der Waals surface area contributed by atoms with Crippen molar-refractivity contribution in [3.8, 4) is 0 Å². The molecule has 0 bridgehead atoms. The predicted octanol–water partition coefficient (Wildman–Crippen LogP) is 7.88. The second-order valence-electron chi connectivity index (χ2n) is 16.3. The first kappa shape index (κ1) is 45.1. The maximum atomic E-state index is 12.8. The van der Waals surface area contributed by atoms with Crippen LogP contribution >= 0.6 is 45.9 Å². The average molecular weight is 919 g/mol. The first-order chi connectivity index (χ1) is 29.7. The highest BCUT2D eigenvalue weighted by Gasteiger charge is 2.42. The van der Waals surface area contributed by atoms with E-state index >= 15 is 0 Å². The SMILES string of the molecule is Cc1ccc(CCCCCCc2scc3c2CN(C2CCC(=O)NC2=O)C3=O)cc1Cl.Cc1ccc(N(C)C(=O)CCc2scc3c2CN(C2CCC(=O)NC2=O)C3=O)cc1Cl. The van der Waals surface area contributed by atoms with Crippen molar-refractivity contribution in [3.63, 3.8) is 0 Å². The minimum Gasteiger partial charge on any atom is -0.322 e. The van der Waals surface area contributed by atoms with E-state index in [1.807, 2.05) is 31.4 Å². The Bertz CT molecular complexity index is 2450. The fourth-order valence-electron chi connectivity index (χ4n) is 8.31. The highest BCUT2D eigenvalue weighted by molar-refractivity contribution is 7.10. The predicted molar refractivity (Wildman–Crippen MR) is 241 cm³/mol. The van der Waals surface area contributed by atoms with Crippen LogP contribution in [0.15, 0.2) is 47.2 Å². The molecule has 4 aliphatic heterocycles. The lowest BCUT2D eigenvalue weighted by atomic mass is 10.0. The Balaban J connectivity index is 0.000000186. The molecular weight excluding hydrogens is 870 g/mol. The van der Waals surface area contributed by atoms with Gasteiger partial charge in [-0.1, -0.05) is 54.2 Å². The summed E-state index contributed by atoms with van der Waals surface area (Å²) in [5, 5.41) is 9.84. The van der Waals surface area contributed by atoms with Gasteiger partial charge in [0.25, 0.3) is 11.8 Å². The van der Waals surface area contributed by atoms with Gasteiger partial charge in [0.2, 0.25) is 29.5 Å². The van der Waals surface area contributed by atoms with Gasteiger partial charge in [0.05, 0.1) is 11.1 Å². The van der Waals surface area contributed by atoms with Gasteiger partial charge in [-0.25, -0.2) is 0 Å². The van der Waals surface area contributed by atoms with Crippen molar-refractivity contribution < 1.29 is 33.6 Å². The summed E-state index contributed by atoms with van der Waals surface area (Å²) in [5.74, 6) is -1.65. The number of amides is 7. The third-order valence-electron chi connectivity index (χ3n) is 12.1. The van der Waals surface area contributed by atoms with Crippen molar-refractivity contribution in [2.75, 3.05) is 11.9 Å². The number of carbonyl (C=O) groups excluding carboxylic acids is 7. The largest absolute Gasteiger partial charge is 0.322 e. The normalized spacial score (nSPS) is 18.3. The van der Waals surface area contributed by atoms with Gasteiger partial charge in [-0.2, -0.15) is 0 Å². The Hall–Kier alpha value is -4.89. The van der Waals surface area contributed by atoms with Crippen LogP contribution in [0.25, 0.3) is 0 Å². The van der Waals surface area contributed by atoms with Crippen LogP contribution in [0.4, 0.5) is 5.69 Å². The fraction of sp³-hybridized carbons (Fsp3) is 0.413. The van der Waals surface area contributed by atoms with Gasteiger partial charge in [0.15, 0.2) is 0 Å². The smallest absolute Gasteiger partial charge is 0.256 e. The first-order valence-electron chi connectivity index (χ1n) is 21.0. The van der Waals surface area contributed by atoms with Crippen molar-refractivity contribution >= 4 is 92.9 Å². The maximum Gasteiger partial charge on any atom is 0.256 e. The summed E-state index contributed by atoms with van der Waals surface area (Å²) in [6.07, 6.45) is 8.62. The number of benzene rings is 2. The standard InChI is InChI=1S/C24H27ClN2O3S.C22H22ClN3O4S/c1-15-8-9-16(12-19(15)25)6-4-2-3-5-7-21-17-13-27(24(30)18(17)14-31-21)20-10-11-22(28)26-23(20)29;1-12-3-4-13(9-16(12)23)25(2)20(28)8-6-18-14-10-26(22(30)15(14)11-31-18)17-5-7-19(27)24-21(17)29/h8-9,12,14,20H,2-7,10-11,13H2,1H3,(H,26,28,29);3-4,9,11,17H,5-8,10H2,1-2H3,(H,24,27,29). The number of nitrogens with zero attached hydrogens (tertiary/aromatic N) is 3. The van der Waals surface area contributed by atoms with Gasteiger partial charge in [0, 0.05) is 75.6 Å². The number of unbranched alkanes of at least 4 members (excludes halogenated alkanes) is 3. The zero-order chi connectivity index (χ0) is 44.2. The molecule has 0 saturated carbocycles. The summed E-state index contributed by atoms with van der Waals surface area (Å²) in [7, 11) is 1.72. The van der Waals surface area contributed by atoms with E-state index in [1.54, 1.807) is 39.6 Å². The Morgan fingerprint density at radius 3 is 1.71 bits per heavy atom. The van der Waals surface area contributed by atoms with Crippen molar-refractivity contribution in [2.24, 2.45) is 0 Å². The average Bonchev–Trinajstić information content (AvgIpc) is 4.00. The summed E-state index contributed by atoms with van der Waals surface area (Å²) >= 11 is 15.5. The number of nitrogens with one attached hydrogen (secondary N) is 2. The molecule has 2 saturated heterocycles. The third-order valence-corrected chi connectivity index (χ3v) is 15.1. The van der Waals surface area contributed by atoms with Crippen LogP contribution in [0.1, 0.15) is 116 Å². The Labute approximate surface area is 378 Å². The molecule has 8 rings (SSSR count). The summed E-state index contributed by atoms with van der Waals surface area (Å²) in [6, 6.07) is 10.6. The number of hydrogen-bond donors (Lipinski definition) is 2. The third kappa shape index (κ3) is 9.99. The lowest BCUT2D eigenvalue weighted by molar-refractivity contribution is -0.138. The number of aryl methyl sites for hydroxylation is 5. The van der Waals surface area contributed by atoms with Gasteiger partial charge < -0.3 is 14.7 Å². The fourth-order valence-corrected chi connectivity index (χ4v) is 10.8. The van der Waals surface area contributed by atoms with Crippen LogP contribution in [-0.4, -0.2) is 70.3 Å². The van der Waals surface area contributed by atoms with Crippen molar-refractivity contribution in [3.05, 3.63) is 106 Å². The lowest BCUT2D eigenvalue weighted by Crippen LogP contribution is -2.52. The number of imide groups is 2. The molecule has 4 aromatic rings. The van der Waals surface area contributed by atoms with E-state index in [1.165, 1.54) is 33.1 Å². The van der Waals surface area contributed by atoms with Crippen LogP contribution < -0.4 is 15.5 Å². The molecule has 326 valence electrons. The number of carbonyl (C=O) groups is 7. The van der Waals surface area contributed by atoms with E-state index in [-0.39, 0.29) is 48.3 Å². The number of rotatable bonds is 13. The molecular formula is C46H49Cl2N5O7S2. The van der Waals surface area contributed by atoms with Gasteiger partial charge in [-0.05, 0) is 105 Å². The van der Waals surface area contributed by atoms with E-state index < -0.39 is 18.0 Å². The molecule has 16 heteroatoms. The van der Waals surface area contributed by atoms with E-state index in [4.69, 9.17) is 23.2 Å². The van der Waals surface area contributed by atoms with Crippen LogP contribution in [-0.2, 0) is 56.3 Å². The highest BCUT2D eigenvalue weighted by Crippen LogP contribution is 2.36. The van der Waals surface area contributed by atoms with E-state index in [9.17, 15) is 33.6 Å². The second-order valence-corrected chi connectivity index (χ2v) is 19.0. The molecule has 0 radical (unpaired) electrons. The molecule has 2 unspecified atom stereocenters. The van der Waals surface area contributed by atoms with Gasteiger partial charge in [-0.3, -0.25) is 44.2 Å². The molecule has 62 heavy (non-hydrogen) atoms. The number of anilines is 1. The van der Waals surface area contributed by atoms with E-state index in [2.05, 4.69) is 28.8 Å². The quantitative estimate of drug-likeness (QED) is 0.102. The molecule has 2 N–H and O–H groups in total. The molecule has 2 atom stereocenters. The summed E-state index contributed by atoms with van der Waals surface area (Å²) in [5.41, 5.74) is 7.38. The molecule has 2 aromatic heterocycles. The molecule has 2 aromatic carbocycles. The van der Waals surface area contributed by atoms with Crippen LogP contribution in [0, 0.1) is 13.8 Å². The topological polar surface area (TPSA) is 153 Å². The number of fused-ring (bicyclic) bond motifs is 2. The summed E-state index contributed by atoms with van der Waals surface area (Å²) in [6.45, 7) is 4.74. The number of piperidine rings is 2. The number of hydrogen-bond acceptors (Lipinski definition) is 9. The second kappa shape index (κ2) is 19.7. The molecule has 0 aliphatic carbocycles. The Morgan fingerprint density at radius 2 is 1.19 bits per heavy atom. The molecule has 6 heterocycles. The summed E-state index contributed by atoms with van der Waals surface area (Å²) in [4.78, 5) is 92.4. The van der Waals surface area contributed by atoms with Crippen molar-refractivity contribution in [1.82, 2.24) is 20.4 Å². The minimum absolute atomic E-state index is 0.0478. The van der Waals surface area contributed by atoms with Crippen LogP contribution in [0.2, 0.25) is 10.0 Å². The van der Waals surface area contributed by atoms with Gasteiger partial charge in [0.1, 0.15) is 12.1 Å². The molecule has 0 spiro atoms. The zero-order valence-corrected chi connectivity index (χ0v) is 38.1. The van der Waals surface area contributed by atoms with Crippen LogP contribution in [0.3, 0.4) is 0 Å². The molecule has 2 fully saturated rings. The summed E-state index contributed by atoms with van der Waals surface area (Å²) < 4.78 is 0. The molecule has 12 nitrogen and oxygen atoms in total. The van der Waals surface area contributed by atoms with Crippen molar-refractivity contribution in [1.29, 1.82) is 0 Å². The minimum atomic E-state index is -0.630. The number of halogens is 2. The first-order valence-corrected chi connectivity index (χ1v) is 23.5. The van der Waals surface area contributed by atoms with Gasteiger partial charge in [-0.15, -0.1) is 22.7 Å². The Kier molecular flexibility index (Phi) is 14.3. The van der Waals surface area contributed by atoms with Gasteiger partial charge >= 0.3 is 0 Å². The van der Waals surface area contributed by atoms with E-state index in [0.717, 1.165) is 75.5 Å².